The minimum Gasteiger partial charge on any atom is -0.384 e. The molecular formula is C16H22N2. The summed E-state index contributed by atoms with van der Waals surface area (Å²) in [5.41, 5.74) is 4.20. The first-order valence-corrected chi connectivity index (χ1v) is 6.63. The number of fused-ring (bicyclic) bond motifs is 1. The summed E-state index contributed by atoms with van der Waals surface area (Å²) < 4.78 is 0. The molecule has 1 aliphatic rings. The Morgan fingerprint density at radius 3 is 2.72 bits per heavy atom. The first-order chi connectivity index (χ1) is 8.83. The Labute approximate surface area is 110 Å². The van der Waals surface area contributed by atoms with Gasteiger partial charge in [-0.15, -0.1) is 13.2 Å². The van der Waals surface area contributed by atoms with Crippen molar-refractivity contribution in [1.29, 1.82) is 0 Å². The molecule has 0 atom stereocenters. The van der Waals surface area contributed by atoms with Crippen molar-refractivity contribution in [2.45, 2.75) is 12.8 Å². The molecule has 0 aromatic heterocycles. The van der Waals surface area contributed by atoms with Crippen LogP contribution in [-0.4, -0.2) is 31.1 Å². The molecule has 0 fully saturated rings. The average molecular weight is 242 g/mol. The molecule has 1 N–H and O–H groups in total. The zero-order chi connectivity index (χ0) is 12.8. The Kier molecular flexibility index (Phi) is 4.59. The molecule has 0 aliphatic carbocycles. The van der Waals surface area contributed by atoms with Crippen molar-refractivity contribution in [2.24, 2.45) is 0 Å². The fourth-order valence-electron chi connectivity index (χ4n) is 2.42. The lowest BCUT2D eigenvalue weighted by Gasteiger charge is -2.18. The van der Waals surface area contributed by atoms with Crippen molar-refractivity contribution >= 4 is 5.69 Å². The molecule has 0 amide bonds. The first-order valence-electron chi connectivity index (χ1n) is 6.63. The van der Waals surface area contributed by atoms with Crippen LogP contribution in [0.1, 0.15) is 11.1 Å². The van der Waals surface area contributed by atoms with Crippen molar-refractivity contribution in [1.82, 2.24) is 4.90 Å². The van der Waals surface area contributed by atoms with Gasteiger partial charge in [-0.05, 0) is 30.0 Å². The van der Waals surface area contributed by atoms with Gasteiger partial charge in [0.2, 0.25) is 0 Å². The maximum atomic E-state index is 3.80. The molecule has 0 bridgehead atoms. The third kappa shape index (κ3) is 3.23. The number of anilines is 1. The molecule has 0 saturated carbocycles. The average Bonchev–Trinajstić information content (AvgIpc) is 2.84. The lowest BCUT2D eigenvalue weighted by atomic mass is 10.1. The van der Waals surface area contributed by atoms with E-state index in [1.165, 1.54) is 16.8 Å². The normalized spacial score (nSPS) is 13.2. The van der Waals surface area contributed by atoms with Gasteiger partial charge in [-0.3, -0.25) is 4.90 Å². The van der Waals surface area contributed by atoms with Gasteiger partial charge in [0.1, 0.15) is 0 Å². The highest BCUT2D eigenvalue weighted by Crippen LogP contribution is 2.23. The van der Waals surface area contributed by atoms with Gasteiger partial charge in [-0.2, -0.15) is 0 Å². The van der Waals surface area contributed by atoms with Crippen molar-refractivity contribution in [3.8, 4) is 0 Å². The maximum absolute atomic E-state index is 3.80. The van der Waals surface area contributed by atoms with Crippen molar-refractivity contribution in [3.05, 3.63) is 54.6 Å². The Morgan fingerprint density at radius 2 is 2.00 bits per heavy atom. The van der Waals surface area contributed by atoms with Crippen molar-refractivity contribution < 1.29 is 0 Å². The van der Waals surface area contributed by atoms with E-state index in [-0.39, 0.29) is 0 Å². The van der Waals surface area contributed by atoms with Gasteiger partial charge in [-0.25, -0.2) is 0 Å². The van der Waals surface area contributed by atoms with Crippen LogP contribution in [-0.2, 0) is 12.8 Å². The summed E-state index contributed by atoms with van der Waals surface area (Å²) in [4.78, 5) is 2.35. The zero-order valence-electron chi connectivity index (χ0n) is 11.0. The maximum Gasteiger partial charge on any atom is 0.0373 e. The van der Waals surface area contributed by atoms with Crippen LogP contribution in [0, 0.1) is 0 Å². The predicted octanol–water partition coefficient (Wildman–Crippen LogP) is 2.87. The minimum atomic E-state index is 0.929. The van der Waals surface area contributed by atoms with E-state index >= 15 is 0 Å². The molecular weight excluding hydrogens is 220 g/mol. The zero-order valence-corrected chi connectivity index (χ0v) is 11.0. The Bertz CT molecular complexity index is 413. The monoisotopic (exact) mass is 242 g/mol. The van der Waals surface area contributed by atoms with Crippen LogP contribution in [0.4, 0.5) is 5.69 Å². The van der Waals surface area contributed by atoms with Crippen LogP contribution in [0.3, 0.4) is 0 Å². The molecule has 2 rings (SSSR count). The summed E-state index contributed by atoms with van der Waals surface area (Å²) in [6, 6.07) is 6.79. The van der Waals surface area contributed by atoms with Gasteiger partial charge in [0, 0.05) is 31.9 Å². The number of rotatable bonds is 7. The van der Waals surface area contributed by atoms with E-state index in [0.29, 0.717) is 0 Å². The van der Waals surface area contributed by atoms with Gasteiger partial charge in [0.05, 0.1) is 0 Å². The molecule has 1 aromatic rings. The van der Waals surface area contributed by atoms with Gasteiger partial charge in [0.25, 0.3) is 0 Å². The summed E-state index contributed by atoms with van der Waals surface area (Å²) in [5.74, 6) is 0. The highest BCUT2D eigenvalue weighted by Gasteiger charge is 2.10. The number of hydrogen-bond acceptors (Lipinski definition) is 2. The quantitative estimate of drug-likeness (QED) is 0.740. The van der Waals surface area contributed by atoms with Gasteiger partial charge >= 0.3 is 0 Å². The van der Waals surface area contributed by atoms with E-state index < -0.39 is 0 Å². The molecule has 2 heteroatoms. The van der Waals surface area contributed by atoms with E-state index in [0.717, 1.165) is 39.0 Å². The molecule has 0 spiro atoms. The summed E-state index contributed by atoms with van der Waals surface area (Å²) in [5, 5.41) is 3.40. The van der Waals surface area contributed by atoms with Crippen LogP contribution >= 0.6 is 0 Å². The van der Waals surface area contributed by atoms with E-state index in [2.05, 4.69) is 41.6 Å². The highest BCUT2D eigenvalue weighted by molar-refractivity contribution is 5.56. The van der Waals surface area contributed by atoms with Gasteiger partial charge < -0.3 is 5.32 Å². The summed E-state index contributed by atoms with van der Waals surface area (Å²) in [6.07, 6.45) is 6.16. The molecule has 2 nitrogen and oxygen atoms in total. The smallest absolute Gasteiger partial charge is 0.0373 e. The lowest BCUT2D eigenvalue weighted by Crippen LogP contribution is -2.26. The van der Waals surface area contributed by atoms with Crippen LogP contribution < -0.4 is 5.32 Å². The van der Waals surface area contributed by atoms with Gasteiger partial charge in [0.15, 0.2) is 0 Å². The molecule has 1 aliphatic heterocycles. The molecule has 0 radical (unpaired) electrons. The van der Waals surface area contributed by atoms with Crippen molar-refractivity contribution in [3.63, 3.8) is 0 Å². The Hall–Kier alpha value is -1.54. The fourth-order valence-corrected chi connectivity index (χ4v) is 2.42. The lowest BCUT2D eigenvalue weighted by molar-refractivity contribution is 0.340. The van der Waals surface area contributed by atoms with Crippen LogP contribution in [0.15, 0.2) is 43.5 Å². The summed E-state index contributed by atoms with van der Waals surface area (Å²) in [7, 11) is 0. The number of benzene rings is 1. The molecule has 0 unspecified atom stereocenters. The van der Waals surface area contributed by atoms with Crippen molar-refractivity contribution in [2.75, 3.05) is 31.5 Å². The third-order valence-electron chi connectivity index (χ3n) is 3.37. The second-order valence-electron chi connectivity index (χ2n) is 4.76. The van der Waals surface area contributed by atoms with Crippen LogP contribution in [0.2, 0.25) is 0 Å². The van der Waals surface area contributed by atoms with E-state index in [4.69, 9.17) is 0 Å². The second-order valence-corrected chi connectivity index (χ2v) is 4.76. The van der Waals surface area contributed by atoms with E-state index in [1.54, 1.807) is 0 Å². The standard InChI is InChI=1S/C16H22N2/c1-3-10-18(11-4-2)12-8-14-5-6-16-15(13-14)7-9-17-16/h3-6,13,17H,1-2,7-12H2. The Balaban J connectivity index is 1.92. The SMILES string of the molecule is C=CCN(CC=C)CCc1ccc2c(c1)CCN2. The number of nitrogens with zero attached hydrogens (tertiary/aromatic N) is 1. The van der Waals surface area contributed by atoms with Crippen LogP contribution in [0.5, 0.6) is 0 Å². The summed E-state index contributed by atoms with van der Waals surface area (Å²) >= 11 is 0. The fraction of sp³-hybridized carbons (Fsp3) is 0.375. The topological polar surface area (TPSA) is 15.3 Å². The largest absolute Gasteiger partial charge is 0.384 e. The number of hydrogen-bond donors (Lipinski definition) is 1. The highest BCUT2D eigenvalue weighted by atomic mass is 15.1. The van der Waals surface area contributed by atoms with Gasteiger partial charge in [-0.1, -0.05) is 24.3 Å². The van der Waals surface area contributed by atoms with Crippen LogP contribution in [0.25, 0.3) is 0 Å². The number of nitrogens with one attached hydrogen (secondary N) is 1. The molecule has 96 valence electrons. The molecule has 1 aromatic carbocycles. The first kappa shape index (κ1) is 12.9. The Morgan fingerprint density at radius 1 is 1.22 bits per heavy atom. The predicted molar refractivity (Wildman–Crippen MR) is 79.2 cm³/mol. The molecule has 1 heterocycles. The van der Waals surface area contributed by atoms with E-state index in [9.17, 15) is 0 Å². The van der Waals surface area contributed by atoms with E-state index in [1.807, 2.05) is 12.2 Å². The molecule has 0 saturated heterocycles. The summed E-state index contributed by atoms with van der Waals surface area (Å²) in [6.45, 7) is 11.6. The minimum absolute atomic E-state index is 0.929. The second kappa shape index (κ2) is 6.41. The molecule has 18 heavy (non-hydrogen) atoms. The third-order valence-corrected chi connectivity index (χ3v) is 3.37.